The van der Waals surface area contributed by atoms with Crippen LogP contribution in [0.2, 0.25) is 0 Å². The Kier molecular flexibility index (Phi) is 5.02. The van der Waals surface area contributed by atoms with Crippen LogP contribution in [0, 0.1) is 17.2 Å². The van der Waals surface area contributed by atoms with Crippen molar-refractivity contribution in [3.63, 3.8) is 0 Å². The molecule has 0 spiro atoms. The van der Waals surface area contributed by atoms with Crippen molar-refractivity contribution in [3.05, 3.63) is 5.69 Å². The molecule has 5 nitrogen and oxygen atoms in total. The molecule has 2 N–H and O–H groups in total. The van der Waals surface area contributed by atoms with Crippen LogP contribution in [0.3, 0.4) is 0 Å². The zero-order valence-electron chi connectivity index (χ0n) is 11.8. The summed E-state index contributed by atoms with van der Waals surface area (Å²) in [7, 11) is 1.91. The molecule has 0 atom stereocenters. The monoisotopic (exact) mass is 249 g/mol. The van der Waals surface area contributed by atoms with E-state index in [2.05, 4.69) is 29.9 Å². The average molecular weight is 249 g/mol. The van der Waals surface area contributed by atoms with Gasteiger partial charge in [0.25, 0.3) is 0 Å². The normalized spacial score (nSPS) is 10.7. The van der Waals surface area contributed by atoms with Crippen LogP contribution >= 0.6 is 0 Å². The molecule has 0 unspecified atom stereocenters. The maximum absolute atomic E-state index is 8.76. The Morgan fingerprint density at radius 3 is 2.61 bits per heavy atom. The lowest BCUT2D eigenvalue weighted by molar-refractivity contribution is 0.593. The minimum Gasteiger partial charge on any atom is -0.394 e. The SMILES string of the molecule is CCc1nn(C)c(N(CCC#N)CC(C)C)c1N. The largest absolute Gasteiger partial charge is 0.394 e. The van der Waals surface area contributed by atoms with Crippen LogP contribution in [0.5, 0.6) is 0 Å². The van der Waals surface area contributed by atoms with Crippen molar-refractivity contribution in [2.24, 2.45) is 13.0 Å². The molecule has 1 aromatic heterocycles. The Morgan fingerprint density at radius 2 is 2.17 bits per heavy atom. The summed E-state index contributed by atoms with van der Waals surface area (Å²) in [6, 6.07) is 2.19. The second-order valence-corrected chi connectivity index (χ2v) is 4.91. The van der Waals surface area contributed by atoms with Gasteiger partial charge in [0.1, 0.15) is 5.82 Å². The maximum Gasteiger partial charge on any atom is 0.150 e. The van der Waals surface area contributed by atoms with E-state index in [9.17, 15) is 0 Å². The van der Waals surface area contributed by atoms with E-state index in [0.29, 0.717) is 18.9 Å². The van der Waals surface area contributed by atoms with Crippen LogP contribution in [0.1, 0.15) is 32.9 Å². The molecule has 0 radical (unpaired) electrons. The lowest BCUT2D eigenvalue weighted by Gasteiger charge is -2.26. The highest BCUT2D eigenvalue weighted by Gasteiger charge is 2.18. The Bertz CT molecular complexity index is 427. The van der Waals surface area contributed by atoms with Gasteiger partial charge in [-0.05, 0) is 12.3 Å². The fourth-order valence-electron chi connectivity index (χ4n) is 2.13. The summed E-state index contributed by atoms with van der Waals surface area (Å²) in [6.45, 7) is 7.94. The van der Waals surface area contributed by atoms with Gasteiger partial charge in [0.05, 0.1) is 23.9 Å². The average Bonchev–Trinajstić information content (AvgIpc) is 2.59. The predicted octanol–water partition coefficient (Wildman–Crippen LogP) is 1.94. The van der Waals surface area contributed by atoms with Crippen LogP contribution in [0.4, 0.5) is 11.5 Å². The van der Waals surface area contributed by atoms with Gasteiger partial charge in [-0.15, -0.1) is 0 Å². The molecular weight excluding hydrogens is 226 g/mol. The van der Waals surface area contributed by atoms with Crippen molar-refractivity contribution in [1.29, 1.82) is 5.26 Å². The highest BCUT2D eigenvalue weighted by atomic mass is 15.4. The van der Waals surface area contributed by atoms with E-state index in [-0.39, 0.29) is 0 Å². The van der Waals surface area contributed by atoms with Gasteiger partial charge in [-0.2, -0.15) is 10.4 Å². The van der Waals surface area contributed by atoms with E-state index in [4.69, 9.17) is 11.0 Å². The van der Waals surface area contributed by atoms with E-state index in [0.717, 1.165) is 30.2 Å². The van der Waals surface area contributed by atoms with Crippen molar-refractivity contribution in [2.75, 3.05) is 23.7 Å². The first-order valence-corrected chi connectivity index (χ1v) is 6.44. The number of hydrogen-bond donors (Lipinski definition) is 1. The molecule has 0 fully saturated rings. The lowest BCUT2D eigenvalue weighted by atomic mass is 10.2. The zero-order chi connectivity index (χ0) is 13.7. The molecule has 0 saturated heterocycles. The van der Waals surface area contributed by atoms with Crippen molar-refractivity contribution in [3.8, 4) is 6.07 Å². The number of nitrogens with zero attached hydrogens (tertiary/aromatic N) is 4. The molecule has 0 aliphatic heterocycles. The Hall–Kier alpha value is -1.70. The molecule has 0 aliphatic rings. The number of hydrogen-bond acceptors (Lipinski definition) is 4. The third-order valence-corrected chi connectivity index (χ3v) is 2.84. The highest BCUT2D eigenvalue weighted by Crippen LogP contribution is 2.27. The first kappa shape index (κ1) is 14.4. The fraction of sp³-hybridized carbons (Fsp3) is 0.692. The Morgan fingerprint density at radius 1 is 1.50 bits per heavy atom. The maximum atomic E-state index is 8.76. The molecule has 0 saturated carbocycles. The van der Waals surface area contributed by atoms with Crippen molar-refractivity contribution < 1.29 is 0 Å². The molecular formula is C13H23N5. The first-order valence-electron chi connectivity index (χ1n) is 6.44. The van der Waals surface area contributed by atoms with Crippen LogP contribution in [-0.4, -0.2) is 22.9 Å². The predicted molar refractivity (Wildman–Crippen MR) is 74.3 cm³/mol. The number of aryl methyl sites for hydroxylation is 2. The molecule has 18 heavy (non-hydrogen) atoms. The summed E-state index contributed by atoms with van der Waals surface area (Å²) < 4.78 is 1.83. The molecule has 0 amide bonds. The molecule has 0 aliphatic carbocycles. The Labute approximate surface area is 109 Å². The van der Waals surface area contributed by atoms with Gasteiger partial charge in [0.15, 0.2) is 0 Å². The lowest BCUT2D eigenvalue weighted by Crippen LogP contribution is -2.31. The van der Waals surface area contributed by atoms with Gasteiger partial charge in [-0.3, -0.25) is 4.68 Å². The van der Waals surface area contributed by atoms with E-state index < -0.39 is 0 Å². The third-order valence-electron chi connectivity index (χ3n) is 2.84. The van der Waals surface area contributed by atoms with E-state index in [1.165, 1.54) is 0 Å². The topological polar surface area (TPSA) is 70.9 Å². The summed E-state index contributed by atoms with van der Waals surface area (Å²) >= 11 is 0. The molecule has 1 aromatic rings. The second kappa shape index (κ2) is 6.29. The van der Waals surface area contributed by atoms with E-state index in [1.807, 2.05) is 18.7 Å². The number of aromatic nitrogens is 2. The third kappa shape index (κ3) is 3.16. The molecule has 100 valence electrons. The molecule has 1 heterocycles. The highest BCUT2D eigenvalue weighted by molar-refractivity contribution is 5.66. The van der Waals surface area contributed by atoms with Crippen LogP contribution < -0.4 is 10.6 Å². The Balaban J connectivity index is 3.04. The zero-order valence-corrected chi connectivity index (χ0v) is 11.8. The smallest absolute Gasteiger partial charge is 0.150 e. The minimum absolute atomic E-state index is 0.499. The number of nitriles is 1. The summed E-state index contributed by atoms with van der Waals surface area (Å²) in [6.07, 6.45) is 1.33. The van der Waals surface area contributed by atoms with Crippen LogP contribution in [-0.2, 0) is 13.5 Å². The van der Waals surface area contributed by atoms with E-state index in [1.54, 1.807) is 0 Å². The standard InChI is InChI=1S/C13H23N5/c1-5-11-12(15)13(17(4)16-11)18(8-6-7-14)9-10(2)3/h10H,5-6,8-9,15H2,1-4H3. The van der Waals surface area contributed by atoms with Gasteiger partial charge in [0, 0.05) is 20.1 Å². The number of nitrogen functional groups attached to an aromatic ring is 1. The number of nitrogens with two attached hydrogens (primary N) is 1. The van der Waals surface area contributed by atoms with Crippen molar-refractivity contribution >= 4 is 11.5 Å². The first-order chi connectivity index (χ1) is 8.51. The van der Waals surface area contributed by atoms with Gasteiger partial charge >= 0.3 is 0 Å². The van der Waals surface area contributed by atoms with Crippen LogP contribution in [0.25, 0.3) is 0 Å². The van der Waals surface area contributed by atoms with Gasteiger partial charge in [0.2, 0.25) is 0 Å². The molecule has 0 bridgehead atoms. The number of anilines is 2. The summed E-state index contributed by atoms with van der Waals surface area (Å²) in [5.74, 6) is 1.46. The summed E-state index contributed by atoms with van der Waals surface area (Å²) in [5.41, 5.74) is 7.83. The second-order valence-electron chi connectivity index (χ2n) is 4.91. The molecule has 0 aromatic carbocycles. The summed E-state index contributed by atoms with van der Waals surface area (Å²) in [4.78, 5) is 2.16. The summed E-state index contributed by atoms with van der Waals surface area (Å²) in [5, 5.41) is 13.2. The van der Waals surface area contributed by atoms with Gasteiger partial charge in [-0.25, -0.2) is 0 Å². The van der Waals surface area contributed by atoms with Crippen molar-refractivity contribution in [2.45, 2.75) is 33.6 Å². The van der Waals surface area contributed by atoms with E-state index >= 15 is 0 Å². The minimum atomic E-state index is 0.499. The van der Waals surface area contributed by atoms with Gasteiger partial charge in [-0.1, -0.05) is 20.8 Å². The molecule has 1 rings (SSSR count). The van der Waals surface area contributed by atoms with Crippen molar-refractivity contribution in [1.82, 2.24) is 9.78 Å². The fourth-order valence-corrected chi connectivity index (χ4v) is 2.13. The molecule has 5 heteroatoms. The number of rotatable bonds is 6. The van der Waals surface area contributed by atoms with Gasteiger partial charge < -0.3 is 10.6 Å². The van der Waals surface area contributed by atoms with Crippen LogP contribution in [0.15, 0.2) is 0 Å². The quantitative estimate of drug-likeness (QED) is 0.836.